The molecule has 1 amide bonds. The second-order valence-electron chi connectivity index (χ2n) is 4.18. The quantitative estimate of drug-likeness (QED) is 0.794. The average molecular weight is 244 g/mol. The van der Waals surface area contributed by atoms with Crippen LogP contribution in [0.15, 0.2) is 18.2 Å². The van der Waals surface area contributed by atoms with Gasteiger partial charge in [-0.1, -0.05) is 12.0 Å². The van der Waals surface area contributed by atoms with Gasteiger partial charge in [-0.15, -0.1) is 6.42 Å². The van der Waals surface area contributed by atoms with Crippen LogP contribution in [0.2, 0.25) is 0 Å². The maximum absolute atomic E-state index is 11.2. The van der Waals surface area contributed by atoms with Crippen molar-refractivity contribution in [3.05, 3.63) is 29.3 Å². The summed E-state index contributed by atoms with van der Waals surface area (Å²) in [5, 5.41) is 5.71. The molecule has 2 N–H and O–H groups in total. The highest BCUT2D eigenvalue weighted by atomic mass is 16.5. The Bertz CT molecular complexity index is 491. The molecule has 1 aliphatic carbocycles. The maximum atomic E-state index is 11.2. The molecule has 1 atom stereocenters. The predicted octanol–water partition coefficient (Wildman–Crippen LogP) is 1.61. The zero-order valence-corrected chi connectivity index (χ0v) is 10.3. The van der Waals surface area contributed by atoms with E-state index in [1.807, 2.05) is 18.2 Å². The van der Waals surface area contributed by atoms with Gasteiger partial charge in [0.2, 0.25) is 0 Å². The fourth-order valence-corrected chi connectivity index (χ4v) is 2.20. The largest absolute Gasteiger partial charge is 0.412 e. The molecule has 0 aliphatic heterocycles. The Balaban J connectivity index is 2.15. The average Bonchev–Trinajstić information content (AvgIpc) is 2.78. The van der Waals surface area contributed by atoms with Crippen molar-refractivity contribution in [2.75, 3.05) is 13.6 Å². The van der Waals surface area contributed by atoms with E-state index < -0.39 is 6.09 Å². The first-order chi connectivity index (χ1) is 8.74. The molecule has 1 aliphatic rings. The third-order valence-electron chi connectivity index (χ3n) is 3.06. The molecule has 0 saturated heterocycles. The number of ether oxygens (including phenoxy) is 1. The first-order valence-corrected chi connectivity index (χ1v) is 5.94. The van der Waals surface area contributed by atoms with Crippen LogP contribution in [-0.4, -0.2) is 19.7 Å². The third-order valence-corrected chi connectivity index (χ3v) is 3.06. The van der Waals surface area contributed by atoms with Crippen LogP contribution >= 0.6 is 0 Å². The van der Waals surface area contributed by atoms with E-state index in [0.717, 1.165) is 12.8 Å². The van der Waals surface area contributed by atoms with Gasteiger partial charge in [0.15, 0.2) is 0 Å². The van der Waals surface area contributed by atoms with Crippen LogP contribution in [0.5, 0.6) is 5.75 Å². The fourth-order valence-electron chi connectivity index (χ4n) is 2.20. The monoisotopic (exact) mass is 244 g/mol. The van der Waals surface area contributed by atoms with Crippen molar-refractivity contribution in [2.45, 2.75) is 18.9 Å². The van der Waals surface area contributed by atoms with Crippen molar-refractivity contribution in [1.29, 1.82) is 0 Å². The van der Waals surface area contributed by atoms with E-state index in [4.69, 9.17) is 11.2 Å². The summed E-state index contributed by atoms with van der Waals surface area (Å²) in [6.45, 7) is 0.546. The SMILES string of the molecule is C#CCN[C@@H]1CCc2ccc(OC(=O)NC)cc21. The lowest BCUT2D eigenvalue weighted by atomic mass is 10.1. The second kappa shape index (κ2) is 5.56. The molecule has 0 spiro atoms. The molecule has 0 unspecified atom stereocenters. The van der Waals surface area contributed by atoms with Gasteiger partial charge in [0, 0.05) is 13.1 Å². The van der Waals surface area contributed by atoms with Gasteiger partial charge in [-0.05, 0) is 36.1 Å². The summed E-state index contributed by atoms with van der Waals surface area (Å²) >= 11 is 0. The molecule has 0 bridgehead atoms. The number of carbonyl (C=O) groups is 1. The van der Waals surface area contributed by atoms with Crippen LogP contribution in [0.25, 0.3) is 0 Å². The number of benzene rings is 1. The Morgan fingerprint density at radius 3 is 3.17 bits per heavy atom. The standard InChI is InChI=1S/C14H16N2O2/c1-3-8-16-13-7-5-10-4-6-11(9-12(10)13)18-14(17)15-2/h1,4,6,9,13,16H,5,7-8H2,2H3,(H,15,17)/t13-/m1/s1. The van der Waals surface area contributed by atoms with E-state index in [1.165, 1.54) is 18.2 Å². The van der Waals surface area contributed by atoms with Gasteiger partial charge < -0.3 is 10.1 Å². The fraction of sp³-hybridized carbons (Fsp3) is 0.357. The molecule has 0 heterocycles. The molecule has 1 aromatic carbocycles. The number of hydrogen-bond donors (Lipinski definition) is 2. The first kappa shape index (κ1) is 12.5. The van der Waals surface area contributed by atoms with Gasteiger partial charge in [0.25, 0.3) is 0 Å². The van der Waals surface area contributed by atoms with Crippen LogP contribution in [0.3, 0.4) is 0 Å². The molecule has 4 nitrogen and oxygen atoms in total. The number of fused-ring (bicyclic) bond motifs is 1. The minimum Gasteiger partial charge on any atom is -0.410 e. The Morgan fingerprint density at radius 1 is 1.61 bits per heavy atom. The van der Waals surface area contributed by atoms with Crippen molar-refractivity contribution in [3.63, 3.8) is 0 Å². The van der Waals surface area contributed by atoms with Crippen LogP contribution in [-0.2, 0) is 6.42 Å². The molecule has 0 saturated carbocycles. The van der Waals surface area contributed by atoms with Crippen LogP contribution < -0.4 is 15.4 Å². The Kier molecular flexibility index (Phi) is 3.85. The summed E-state index contributed by atoms with van der Waals surface area (Å²) in [5.74, 6) is 3.13. The van der Waals surface area contributed by atoms with Crippen LogP contribution in [0.4, 0.5) is 4.79 Å². The van der Waals surface area contributed by atoms with Crippen molar-refractivity contribution in [3.8, 4) is 18.1 Å². The molecular weight excluding hydrogens is 228 g/mol. The first-order valence-electron chi connectivity index (χ1n) is 5.94. The van der Waals surface area contributed by atoms with Gasteiger partial charge in [-0.25, -0.2) is 4.79 Å². The van der Waals surface area contributed by atoms with E-state index in [1.54, 1.807) is 0 Å². The molecule has 2 rings (SSSR count). The Hall–Kier alpha value is -1.99. The van der Waals surface area contributed by atoms with E-state index in [9.17, 15) is 4.79 Å². The summed E-state index contributed by atoms with van der Waals surface area (Å²) in [5.41, 5.74) is 2.46. The lowest BCUT2D eigenvalue weighted by Crippen LogP contribution is -2.22. The molecule has 94 valence electrons. The lowest BCUT2D eigenvalue weighted by molar-refractivity contribution is 0.203. The summed E-state index contributed by atoms with van der Waals surface area (Å²) in [6, 6.07) is 5.98. The van der Waals surface area contributed by atoms with Gasteiger partial charge in [-0.2, -0.15) is 0 Å². The van der Waals surface area contributed by atoms with Crippen molar-refractivity contribution >= 4 is 6.09 Å². The molecule has 0 aromatic heterocycles. The van der Waals surface area contributed by atoms with Gasteiger partial charge in [-0.3, -0.25) is 5.32 Å². The number of nitrogens with one attached hydrogen (secondary N) is 2. The van der Waals surface area contributed by atoms with Crippen molar-refractivity contribution in [1.82, 2.24) is 10.6 Å². The number of hydrogen-bond acceptors (Lipinski definition) is 3. The van der Waals surface area contributed by atoms with Crippen LogP contribution in [0.1, 0.15) is 23.6 Å². The Morgan fingerprint density at radius 2 is 2.44 bits per heavy atom. The molecule has 1 aromatic rings. The summed E-state index contributed by atoms with van der Waals surface area (Å²) in [4.78, 5) is 11.2. The molecule has 18 heavy (non-hydrogen) atoms. The minimum absolute atomic E-state index is 0.254. The van der Waals surface area contributed by atoms with Crippen LogP contribution in [0, 0.1) is 12.3 Å². The van der Waals surface area contributed by atoms with Gasteiger partial charge >= 0.3 is 6.09 Å². The highest BCUT2D eigenvalue weighted by molar-refractivity contribution is 5.70. The lowest BCUT2D eigenvalue weighted by Gasteiger charge is -2.13. The number of amides is 1. The summed E-state index contributed by atoms with van der Waals surface area (Å²) in [7, 11) is 1.53. The predicted molar refractivity (Wildman–Crippen MR) is 69.4 cm³/mol. The Labute approximate surface area is 107 Å². The maximum Gasteiger partial charge on any atom is 0.412 e. The molecule has 0 fully saturated rings. The topological polar surface area (TPSA) is 50.4 Å². The molecule has 4 heteroatoms. The van der Waals surface area contributed by atoms with E-state index in [0.29, 0.717) is 12.3 Å². The second-order valence-corrected chi connectivity index (χ2v) is 4.18. The number of terminal acetylenes is 1. The zero-order valence-electron chi connectivity index (χ0n) is 10.3. The van der Waals surface area contributed by atoms with Gasteiger partial charge in [0.1, 0.15) is 5.75 Å². The van der Waals surface area contributed by atoms with E-state index >= 15 is 0 Å². The highest BCUT2D eigenvalue weighted by Crippen LogP contribution is 2.33. The minimum atomic E-state index is -0.457. The number of rotatable bonds is 3. The highest BCUT2D eigenvalue weighted by Gasteiger charge is 2.22. The van der Waals surface area contributed by atoms with Crippen molar-refractivity contribution < 1.29 is 9.53 Å². The van der Waals surface area contributed by atoms with E-state index in [2.05, 4.69) is 16.6 Å². The van der Waals surface area contributed by atoms with Crippen molar-refractivity contribution in [2.24, 2.45) is 0 Å². The van der Waals surface area contributed by atoms with E-state index in [-0.39, 0.29) is 6.04 Å². The normalized spacial score (nSPS) is 16.8. The molecular formula is C14H16N2O2. The molecule has 0 radical (unpaired) electrons. The summed E-state index contributed by atoms with van der Waals surface area (Å²) in [6.07, 6.45) is 6.85. The van der Waals surface area contributed by atoms with Gasteiger partial charge in [0.05, 0.1) is 6.54 Å². The number of aryl methyl sites for hydroxylation is 1. The summed E-state index contributed by atoms with van der Waals surface area (Å²) < 4.78 is 5.12. The third kappa shape index (κ3) is 2.63. The zero-order chi connectivity index (χ0) is 13.0. The smallest absolute Gasteiger partial charge is 0.410 e. The number of carbonyl (C=O) groups excluding carboxylic acids is 1.